The van der Waals surface area contributed by atoms with Gasteiger partial charge < -0.3 is 5.11 Å². The van der Waals surface area contributed by atoms with Gasteiger partial charge in [-0.3, -0.25) is 9.69 Å². The van der Waals surface area contributed by atoms with Crippen LogP contribution in [0.2, 0.25) is 0 Å². The summed E-state index contributed by atoms with van der Waals surface area (Å²) in [6.07, 6.45) is 5.17. The van der Waals surface area contributed by atoms with Crippen molar-refractivity contribution in [1.82, 2.24) is 4.90 Å². The Bertz CT molecular complexity index is 249. The van der Waals surface area contributed by atoms with E-state index in [1.165, 1.54) is 25.7 Å². The second kappa shape index (κ2) is 7.13. The molecule has 0 atom stereocenters. The third kappa shape index (κ3) is 5.85. The Morgan fingerprint density at radius 2 is 1.67 bits per heavy atom. The predicted molar refractivity (Wildman–Crippen MR) is 74.7 cm³/mol. The summed E-state index contributed by atoms with van der Waals surface area (Å²) in [5.41, 5.74) is 0. The Morgan fingerprint density at radius 1 is 1.17 bits per heavy atom. The van der Waals surface area contributed by atoms with E-state index in [4.69, 9.17) is 5.11 Å². The third-order valence-corrected chi connectivity index (χ3v) is 3.56. The van der Waals surface area contributed by atoms with Crippen LogP contribution < -0.4 is 0 Å². The molecule has 0 bridgehead atoms. The maximum atomic E-state index is 10.8. The molecule has 1 aliphatic carbocycles. The van der Waals surface area contributed by atoms with Gasteiger partial charge in [0.25, 0.3) is 0 Å². The summed E-state index contributed by atoms with van der Waals surface area (Å²) < 4.78 is 0. The molecule has 1 N–H and O–H groups in total. The van der Waals surface area contributed by atoms with Gasteiger partial charge in [-0.05, 0) is 37.5 Å². The molecule has 106 valence electrons. The van der Waals surface area contributed by atoms with Crippen molar-refractivity contribution in [3.8, 4) is 0 Å². The van der Waals surface area contributed by atoms with Crippen molar-refractivity contribution in [2.75, 3.05) is 6.54 Å². The number of hydrogen-bond donors (Lipinski definition) is 1. The maximum Gasteiger partial charge on any atom is 0.304 e. The highest BCUT2D eigenvalue weighted by Gasteiger charge is 2.34. The number of nitrogens with zero attached hydrogens (tertiary/aromatic N) is 1. The molecule has 0 unspecified atom stereocenters. The van der Waals surface area contributed by atoms with Gasteiger partial charge in [0.15, 0.2) is 0 Å². The fourth-order valence-corrected chi connectivity index (χ4v) is 2.75. The monoisotopic (exact) mass is 255 g/mol. The first-order valence-electron chi connectivity index (χ1n) is 7.37. The molecule has 0 saturated heterocycles. The van der Waals surface area contributed by atoms with Gasteiger partial charge in [0, 0.05) is 18.6 Å². The van der Waals surface area contributed by atoms with Crippen LogP contribution in [0, 0.1) is 11.8 Å². The molecular weight excluding hydrogens is 226 g/mol. The molecule has 0 amide bonds. The Labute approximate surface area is 112 Å². The van der Waals surface area contributed by atoms with E-state index in [1.807, 2.05) is 0 Å². The fourth-order valence-electron chi connectivity index (χ4n) is 2.75. The first-order valence-corrected chi connectivity index (χ1v) is 7.37. The minimum absolute atomic E-state index is 0.281. The molecule has 1 aliphatic rings. The van der Waals surface area contributed by atoms with Gasteiger partial charge in [0.05, 0.1) is 6.42 Å². The fraction of sp³-hybridized carbons (Fsp3) is 0.933. The Kier molecular flexibility index (Phi) is 6.13. The summed E-state index contributed by atoms with van der Waals surface area (Å²) in [5, 5.41) is 8.88. The van der Waals surface area contributed by atoms with Crippen LogP contribution in [0.15, 0.2) is 0 Å². The maximum absolute atomic E-state index is 10.8. The molecule has 1 rings (SSSR count). The molecule has 0 heterocycles. The molecule has 0 aromatic heterocycles. The van der Waals surface area contributed by atoms with E-state index in [0.29, 0.717) is 23.9 Å². The van der Waals surface area contributed by atoms with Crippen molar-refractivity contribution in [2.45, 2.75) is 71.9 Å². The van der Waals surface area contributed by atoms with Crippen molar-refractivity contribution >= 4 is 5.97 Å². The lowest BCUT2D eigenvalue weighted by Gasteiger charge is -2.34. The molecule has 1 fully saturated rings. The van der Waals surface area contributed by atoms with Crippen LogP contribution in [0.25, 0.3) is 0 Å². The Hall–Kier alpha value is -0.570. The molecule has 18 heavy (non-hydrogen) atoms. The van der Waals surface area contributed by atoms with E-state index in [2.05, 4.69) is 32.6 Å². The van der Waals surface area contributed by atoms with Gasteiger partial charge in [-0.2, -0.15) is 0 Å². The molecular formula is C15H29NO2. The van der Waals surface area contributed by atoms with Crippen LogP contribution in [0.5, 0.6) is 0 Å². The molecule has 3 nitrogen and oxygen atoms in total. The number of aliphatic carboxylic acids is 1. The standard InChI is InChI=1S/C15H29NO2/c1-11(2)9-14(10-12(3)4)16(13-5-6-13)8-7-15(17)18/h11-14H,5-10H2,1-4H3,(H,17,18). The molecule has 0 aliphatic heterocycles. The number of hydrogen-bond acceptors (Lipinski definition) is 2. The first-order chi connectivity index (χ1) is 8.40. The summed E-state index contributed by atoms with van der Waals surface area (Å²) in [6.45, 7) is 9.76. The first kappa shape index (κ1) is 15.5. The zero-order chi connectivity index (χ0) is 13.7. The summed E-state index contributed by atoms with van der Waals surface area (Å²) >= 11 is 0. The van der Waals surface area contributed by atoms with E-state index < -0.39 is 5.97 Å². The van der Waals surface area contributed by atoms with Crippen LogP contribution in [0.4, 0.5) is 0 Å². The molecule has 0 radical (unpaired) electrons. The van der Waals surface area contributed by atoms with E-state index in [9.17, 15) is 4.79 Å². The molecule has 1 saturated carbocycles. The number of rotatable bonds is 9. The van der Waals surface area contributed by atoms with E-state index in [0.717, 1.165) is 6.54 Å². The highest BCUT2D eigenvalue weighted by atomic mass is 16.4. The molecule has 0 spiro atoms. The zero-order valence-corrected chi connectivity index (χ0v) is 12.4. The van der Waals surface area contributed by atoms with Crippen LogP contribution >= 0.6 is 0 Å². The molecule has 0 aromatic rings. The second-order valence-electron chi connectivity index (χ2n) is 6.53. The van der Waals surface area contributed by atoms with Gasteiger partial charge in [-0.15, -0.1) is 0 Å². The summed E-state index contributed by atoms with van der Waals surface area (Å²) in [4.78, 5) is 13.3. The highest BCUT2D eigenvalue weighted by molar-refractivity contribution is 5.66. The van der Waals surface area contributed by atoms with Crippen LogP contribution in [-0.2, 0) is 4.79 Å². The van der Waals surface area contributed by atoms with Crippen LogP contribution in [0.1, 0.15) is 59.8 Å². The van der Waals surface area contributed by atoms with Gasteiger partial charge in [0.2, 0.25) is 0 Å². The Balaban J connectivity index is 2.60. The average molecular weight is 255 g/mol. The van der Waals surface area contributed by atoms with Crippen molar-refractivity contribution in [2.24, 2.45) is 11.8 Å². The van der Waals surface area contributed by atoms with Gasteiger partial charge in [0.1, 0.15) is 0 Å². The minimum Gasteiger partial charge on any atom is -0.481 e. The summed E-state index contributed by atoms with van der Waals surface area (Å²) in [7, 11) is 0. The molecule has 3 heteroatoms. The van der Waals surface area contributed by atoms with E-state index >= 15 is 0 Å². The lowest BCUT2D eigenvalue weighted by Crippen LogP contribution is -2.40. The van der Waals surface area contributed by atoms with Gasteiger partial charge in [-0.1, -0.05) is 27.7 Å². The highest BCUT2D eigenvalue weighted by Crippen LogP contribution is 2.32. The number of carboxylic acid groups (broad SMARTS) is 1. The van der Waals surface area contributed by atoms with Crippen LogP contribution in [-0.4, -0.2) is 34.6 Å². The minimum atomic E-state index is -0.673. The predicted octanol–water partition coefficient (Wildman–Crippen LogP) is 3.39. The smallest absolute Gasteiger partial charge is 0.304 e. The largest absolute Gasteiger partial charge is 0.481 e. The molecule has 0 aromatic carbocycles. The van der Waals surface area contributed by atoms with E-state index in [1.54, 1.807) is 0 Å². The lowest BCUT2D eigenvalue weighted by atomic mass is 9.94. The summed E-state index contributed by atoms with van der Waals surface area (Å²) in [5.74, 6) is 0.688. The normalized spacial score (nSPS) is 16.2. The van der Waals surface area contributed by atoms with Crippen molar-refractivity contribution in [3.05, 3.63) is 0 Å². The lowest BCUT2D eigenvalue weighted by molar-refractivity contribution is -0.137. The SMILES string of the molecule is CC(C)CC(CC(C)C)N(CCC(=O)O)C1CC1. The van der Waals surface area contributed by atoms with Gasteiger partial charge >= 0.3 is 5.97 Å². The van der Waals surface area contributed by atoms with Crippen molar-refractivity contribution in [3.63, 3.8) is 0 Å². The van der Waals surface area contributed by atoms with Crippen molar-refractivity contribution in [1.29, 1.82) is 0 Å². The summed E-state index contributed by atoms with van der Waals surface area (Å²) in [6, 6.07) is 1.23. The second-order valence-corrected chi connectivity index (χ2v) is 6.53. The quantitative estimate of drug-likeness (QED) is 0.686. The Morgan fingerprint density at radius 3 is 2.00 bits per heavy atom. The topological polar surface area (TPSA) is 40.5 Å². The zero-order valence-electron chi connectivity index (χ0n) is 12.4. The number of carbonyl (C=O) groups is 1. The average Bonchev–Trinajstić information content (AvgIpc) is 2.99. The van der Waals surface area contributed by atoms with Crippen molar-refractivity contribution < 1.29 is 9.90 Å². The van der Waals surface area contributed by atoms with Gasteiger partial charge in [-0.25, -0.2) is 0 Å². The van der Waals surface area contributed by atoms with Crippen LogP contribution in [0.3, 0.4) is 0 Å². The van der Waals surface area contributed by atoms with E-state index in [-0.39, 0.29) is 6.42 Å². The number of carboxylic acids is 1. The third-order valence-electron chi connectivity index (χ3n) is 3.56.